The average molecular weight is 1980 g/mol. The van der Waals surface area contributed by atoms with Gasteiger partial charge in [-0.2, -0.15) is 0 Å². The first-order chi connectivity index (χ1) is 65.5. The summed E-state index contributed by atoms with van der Waals surface area (Å²) in [7, 11) is 0. The molecule has 43 nitrogen and oxygen atoms in total. The van der Waals surface area contributed by atoms with Crippen LogP contribution in [0.1, 0.15) is 310 Å². The van der Waals surface area contributed by atoms with Crippen molar-refractivity contribution in [2.75, 3.05) is 52.4 Å². The van der Waals surface area contributed by atoms with Gasteiger partial charge in [-0.1, -0.05) is 117 Å². The minimum Gasteiger partial charge on any atom is -0.391 e. The van der Waals surface area contributed by atoms with Crippen LogP contribution in [-0.4, -0.2) is 255 Å². The molecular weight excluding hydrogens is 1790 g/mol. The Hall–Kier alpha value is -9.37. The lowest BCUT2D eigenvalue weighted by molar-refractivity contribution is -0.137. The summed E-state index contributed by atoms with van der Waals surface area (Å²) >= 11 is 0. The normalized spacial score (nSPS) is 15.0. The van der Waals surface area contributed by atoms with E-state index < -0.39 is 198 Å². The number of hydrazine groups is 1. The first kappa shape index (κ1) is 130. The van der Waals surface area contributed by atoms with Crippen LogP contribution in [0.5, 0.6) is 0 Å². The van der Waals surface area contributed by atoms with Crippen molar-refractivity contribution in [3.05, 3.63) is 0 Å². The number of unbranched alkanes of at least 4 members (excludes halogenated alkanes) is 8. The molecule has 0 bridgehead atoms. The van der Waals surface area contributed by atoms with Gasteiger partial charge in [-0.05, 0) is 273 Å². The second kappa shape index (κ2) is 73.7. The van der Waals surface area contributed by atoms with Crippen molar-refractivity contribution < 1.29 is 86.6 Å². The number of nitrogens with two attached hydrogens (primary N) is 8. The van der Waals surface area contributed by atoms with E-state index in [9.17, 15) is 86.6 Å². The minimum atomic E-state index is -1.75. The number of nitrogens with one attached hydrogen (secondary N) is 17. The van der Waals surface area contributed by atoms with Gasteiger partial charge in [0.25, 0.3) is 0 Å². The zero-order valence-electron chi connectivity index (χ0n) is 86.7. The van der Waals surface area contributed by atoms with E-state index in [4.69, 9.17) is 46.0 Å². The minimum absolute atomic E-state index is 0.00173. The number of carbonyl (C=O) groups excluding carboxylic acids is 17. The van der Waals surface area contributed by atoms with Crippen molar-refractivity contribution in [3.63, 3.8) is 0 Å². The molecule has 0 aromatic heterocycles. The Bertz CT molecular complexity index is 3670. The topological polar surface area (TPSA) is 723 Å². The van der Waals surface area contributed by atoms with Crippen molar-refractivity contribution in [1.82, 2.24) is 90.5 Å². The molecule has 0 saturated heterocycles. The summed E-state index contributed by atoms with van der Waals surface area (Å²) in [4.78, 5) is 242. The van der Waals surface area contributed by atoms with E-state index in [0.29, 0.717) is 116 Å². The summed E-state index contributed by atoms with van der Waals surface area (Å²) in [6.07, 6.45) is 6.44. The number of hydrogen-bond donors (Lipinski definition) is 26. The van der Waals surface area contributed by atoms with Crippen LogP contribution in [0.4, 0.5) is 0 Å². The molecule has 0 aliphatic carbocycles. The Kier molecular flexibility index (Phi) is 68.7. The van der Waals surface area contributed by atoms with E-state index in [1.54, 1.807) is 41.5 Å². The Morgan fingerprint density at radius 1 is 0.223 bits per heavy atom. The second-order valence-electron chi connectivity index (χ2n) is 40.3. The van der Waals surface area contributed by atoms with E-state index in [1.165, 1.54) is 6.92 Å². The Morgan fingerprint density at radius 3 is 0.655 bits per heavy atom. The summed E-state index contributed by atoms with van der Waals surface area (Å²) in [6.45, 7) is 31.8. The zero-order chi connectivity index (χ0) is 106. The third-order valence-electron chi connectivity index (χ3n) is 23.0. The molecule has 16 atom stereocenters. The monoisotopic (exact) mass is 1980 g/mol. The highest BCUT2D eigenvalue weighted by atomic mass is 16.3. The summed E-state index contributed by atoms with van der Waals surface area (Å²) < 4.78 is 0. The lowest BCUT2D eigenvalue weighted by atomic mass is 9.98. The van der Waals surface area contributed by atoms with E-state index in [0.717, 1.165) is 0 Å². The maximum atomic E-state index is 14.9. The van der Waals surface area contributed by atoms with Gasteiger partial charge in [-0.25, -0.2) is 5.84 Å². The largest absolute Gasteiger partial charge is 0.391 e. The Morgan fingerprint density at radius 2 is 0.432 bits per heavy atom. The van der Waals surface area contributed by atoms with Crippen LogP contribution >= 0.6 is 0 Å². The number of hydrogen-bond acceptors (Lipinski definition) is 26. The number of rotatable bonds is 78. The predicted octanol–water partition coefficient (Wildman–Crippen LogP) is -0.593. The van der Waals surface area contributed by atoms with Crippen molar-refractivity contribution >= 4 is 100 Å². The third-order valence-corrected chi connectivity index (χ3v) is 23.0. The second-order valence-corrected chi connectivity index (χ2v) is 40.3. The van der Waals surface area contributed by atoms with Gasteiger partial charge in [0.2, 0.25) is 100 Å². The van der Waals surface area contributed by atoms with Gasteiger partial charge in [-0.3, -0.25) is 86.9 Å². The van der Waals surface area contributed by atoms with Gasteiger partial charge >= 0.3 is 0 Å². The van der Waals surface area contributed by atoms with Crippen LogP contribution in [0.25, 0.3) is 0 Å². The third kappa shape index (κ3) is 58.0. The van der Waals surface area contributed by atoms with E-state index in [1.807, 2.05) is 69.2 Å². The molecule has 0 heterocycles. The molecule has 0 radical (unpaired) electrons. The van der Waals surface area contributed by atoms with Gasteiger partial charge in [0.15, 0.2) is 0 Å². The van der Waals surface area contributed by atoms with Gasteiger partial charge in [-0.15, -0.1) is 0 Å². The van der Waals surface area contributed by atoms with Gasteiger partial charge in [0.05, 0.1) is 18.7 Å². The highest BCUT2D eigenvalue weighted by Crippen LogP contribution is 2.20. The highest BCUT2D eigenvalue weighted by Gasteiger charge is 2.41. The molecule has 139 heavy (non-hydrogen) atoms. The molecule has 0 unspecified atom stereocenters. The summed E-state index contributed by atoms with van der Waals surface area (Å²) in [5.74, 6) is -8.84. The molecule has 17 amide bonds. The van der Waals surface area contributed by atoms with E-state index >= 15 is 0 Å². The molecule has 43 heteroatoms. The first-order valence-electron chi connectivity index (χ1n) is 51.0. The summed E-state index contributed by atoms with van der Waals surface area (Å²) in [6, 6.07) is -19.4. The molecule has 802 valence electrons. The molecule has 0 aromatic carbocycles. The standard InChI is InChI=1S/C96H185N25O18/c1-56(2)47-65(103)82(125)107-67(34-21-27-41-98)84(127)109-69(36-23-29-43-100)86(129)115-76(52-61(11)12)93(136)118-78(54-63(15)16)95(138)120-81(64(17)122)96(139)119-77(53-62(13)14)94(137)117-74(50-59(7)8)90(133)111-68(35-22-28-42-99)85(128)110-70(37-24-30-44-101)87(130)114-75(51-60(9)10)92(135)116-73(49-58(5)6)91(134)112-71(38-25-31-45-102)88(131)113-72(48-57(3)4)89(132)108-66(33-20-26-40-97)83(126)106-55-80(124)105-46-32-18-19-39-79(123)121-104/h56-78,81,122H,18-55,97-104H2,1-17H3,(H,105,124)(H,106,126)(H,107,125)(H,108,132)(H,109,127)(H,110,128)(H,111,133)(H,112,134)(H,113,131)(H,114,130)(H,115,129)(H,116,135)(H,117,137)(H,118,136)(H,119,139)(H,120,138)(H,121,123)/t64-,65+,66+,67+,68+,69+,70+,71+,72+,73+,74+,75+,76+,77+,78+,81+/m1/s1. The average Bonchev–Trinajstić information content (AvgIpc) is 0.848. The molecular formula is C96H185N25O18. The van der Waals surface area contributed by atoms with Crippen molar-refractivity contribution in [2.45, 2.75) is 407 Å². The quantitative estimate of drug-likeness (QED) is 0.0157. The number of carbonyl (C=O) groups is 17. The van der Waals surface area contributed by atoms with Gasteiger partial charge in [0.1, 0.15) is 84.6 Å². The zero-order valence-corrected chi connectivity index (χ0v) is 86.7. The fourth-order valence-electron chi connectivity index (χ4n) is 15.5. The Balaban J connectivity index is 7.33. The number of aliphatic hydroxyl groups excluding tert-OH is 1. The van der Waals surface area contributed by atoms with Crippen LogP contribution in [0.3, 0.4) is 0 Å². The lowest BCUT2D eigenvalue weighted by Crippen LogP contribution is -2.62. The molecule has 0 saturated carbocycles. The molecule has 0 aliphatic heterocycles. The number of amides is 17. The molecule has 0 fully saturated rings. The Labute approximate surface area is 826 Å². The highest BCUT2D eigenvalue weighted by molar-refractivity contribution is 6.01. The van der Waals surface area contributed by atoms with Crippen molar-refractivity contribution in [3.8, 4) is 0 Å². The van der Waals surface area contributed by atoms with Crippen LogP contribution in [0.15, 0.2) is 0 Å². The molecule has 0 spiro atoms. The molecule has 0 aliphatic rings. The maximum absolute atomic E-state index is 14.9. The van der Waals surface area contributed by atoms with Crippen LogP contribution < -0.4 is 136 Å². The first-order valence-corrected chi connectivity index (χ1v) is 51.0. The predicted molar refractivity (Wildman–Crippen MR) is 537 cm³/mol. The van der Waals surface area contributed by atoms with Crippen LogP contribution in [0, 0.1) is 47.3 Å². The van der Waals surface area contributed by atoms with Crippen molar-refractivity contribution in [1.29, 1.82) is 0 Å². The summed E-state index contributed by atoms with van der Waals surface area (Å²) in [5.41, 5.74) is 43.5. The van der Waals surface area contributed by atoms with E-state index in [-0.39, 0.29) is 176 Å². The lowest BCUT2D eigenvalue weighted by Gasteiger charge is -2.30. The maximum Gasteiger partial charge on any atom is 0.245 e. The van der Waals surface area contributed by atoms with Gasteiger partial charge < -0.3 is 130 Å². The summed E-state index contributed by atoms with van der Waals surface area (Å²) in [5, 5.41) is 55.4. The SMILES string of the molecule is CC(C)C[C@H](NC(=O)[C@H](CCCCN)NC(=O)[C@H](CC(C)C)NC(=O)[C@H](CC(C)C)NC(=O)[C@H](CCCCN)NC(=O)[C@H](CCCCN)NC(=O)[C@H](CC(C)C)NC(=O)[C@H](CC(C)C)NC(=O)[C@@H](NC(=O)[C@H](CC(C)C)NC(=O)[C@H](CC(C)C)NC(=O)[C@H](CCCCN)NC(=O)[C@H](CCCCN)NC(=O)[C@@H](N)CC(C)C)[C@@H](C)O)C(=O)N[C@@H](CCCCN)C(=O)NCC(=O)NCCCCCC(=O)NN. The molecule has 0 aromatic rings. The van der Waals surface area contributed by atoms with Gasteiger partial charge in [0, 0.05) is 13.0 Å². The fraction of sp³-hybridized carbons (Fsp3) is 0.823. The number of aliphatic hydroxyl groups is 1. The molecule has 34 N–H and O–H groups in total. The van der Waals surface area contributed by atoms with Crippen LogP contribution in [-0.2, 0) is 81.5 Å². The fourth-order valence-corrected chi connectivity index (χ4v) is 15.5. The smallest absolute Gasteiger partial charge is 0.245 e. The van der Waals surface area contributed by atoms with Crippen LogP contribution in [0.2, 0.25) is 0 Å². The van der Waals surface area contributed by atoms with Crippen molar-refractivity contribution in [2.24, 2.45) is 93.3 Å². The van der Waals surface area contributed by atoms with E-state index in [2.05, 4.69) is 90.5 Å². The molecule has 0 rings (SSSR count).